The van der Waals surface area contributed by atoms with Gasteiger partial charge in [-0.25, -0.2) is 0 Å². The van der Waals surface area contributed by atoms with E-state index >= 15 is 0 Å². The second kappa shape index (κ2) is 4.95. The molecule has 0 heterocycles. The van der Waals surface area contributed by atoms with E-state index in [-0.39, 0.29) is 5.91 Å². The molecular formula is C9H18N2O3. The van der Waals surface area contributed by atoms with Crippen molar-refractivity contribution >= 4 is 11.9 Å². The number of hydrogen-bond acceptors (Lipinski definition) is 3. The first-order chi connectivity index (χ1) is 6.34. The number of carboxylic acid groups (broad SMARTS) is 1. The molecule has 0 aliphatic heterocycles. The molecule has 14 heavy (non-hydrogen) atoms. The number of nitrogens with one attached hydrogen (secondary N) is 1. The monoisotopic (exact) mass is 202 g/mol. The largest absolute Gasteiger partial charge is 0.480 e. The van der Waals surface area contributed by atoms with E-state index in [1.54, 1.807) is 14.1 Å². The van der Waals surface area contributed by atoms with E-state index in [4.69, 9.17) is 5.11 Å². The van der Waals surface area contributed by atoms with Gasteiger partial charge in [0.15, 0.2) is 0 Å². The molecule has 5 heteroatoms. The quantitative estimate of drug-likeness (QED) is 0.604. The molecule has 0 atom stereocenters. The Morgan fingerprint density at radius 2 is 1.93 bits per heavy atom. The van der Waals surface area contributed by atoms with Crippen molar-refractivity contribution in [2.75, 3.05) is 27.2 Å². The highest BCUT2D eigenvalue weighted by Crippen LogP contribution is 2.17. The molecule has 5 nitrogen and oxygen atoms in total. The van der Waals surface area contributed by atoms with Crippen LogP contribution in [0.1, 0.15) is 13.8 Å². The summed E-state index contributed by atoms with van der Waals surface area (Å²) in [5.74, 6) is -1.47. The van der Waals surface area contributed by atoms with Crippen LogP contribution in [0.15, 0.2) is 0 Å². The molecule has 0 aliphatic rings. The molecule has 1 amide bonds. The molecule has 0 unspecified atom stereocenters. The summed E-state index contributed by atoms with van der Waals surface area (Å²) in [6, 6.07) is 0. The van der Waals surface area contributed by atoms with Crippen molar-refractivity contribution in [2.45, 2.75) is 13.8 Å². The number of likely N-dealkylation sites (N-methyl/N-ethyl adjacent to an activating group) is 2. The third-order valence-electron chi connectivity index (χ3n) is 2.11. The molecular weight excluding hydrogens is 184 g/mol. The Morgan fingerprint density at radius 1 is 1.43 bits per heavy atom. The summed E-state index contributed by atoms with van der Waals surface area (Å²) < 4.78 is 0. The van der Waals surface area contributed by atoms with Gasteiger partial charge < -0.3 is 15.3 Å². The molecule has 0 aromatic carbocycles. The first kappa shape index (κ1) is 12.9. The molecule has 0 bridgehead atoms. The second-order valence-electron chi connectivity index (χ2n) is 3.76. The summed E-state index contributed by atoms with van der Waals surface area (Å²) in [6.45, 7) is 3.98. The van der Waals surface area contributed by atoms with Gasteiger partial charge in [-0.3, -0.25) is 9.59 Å². The highest BCUT2D eigenvalue weighted by Gasteiger charge is 2.37. The molecule has 0 saturated carbocycles. The average Bonchev–Trinajstić information content (AvgIpc) is 2.12. The first-order valence-electron chi connectivity index (χ1n) is 4.47. The van der Waals surface area contributed by atoms with Gasteiger partial charge in [0.25, 0.3) is 0 Å². The number of carboxylic acids is 1. The zero-order valence-corrected chi connectivity index (χ0v) is 9.13. The number of carbonyl (C=O) groups excluding carboxylic acids is 1. The minimum Gasteiger partial charge on any atom is -0.480 e. The molecule has 0 fully saturated rings. The zero-order chi connectivity index (χ0) is 11.4. The van der Waals surface area contributed by atoms with Crippen LogP contribution in [0.2, 0.25) is 0 Å². The summed E-state index contributed by atoms with van der Waals surface area (Å²) in [6.07, 6.45) is 0. The Morgan fingerprint density at radius 3 is 2.29 bits per heavy atom. The van der Waals surface area contributed by atoms with E-state index in [2.05, 4.69) is 5.32 Å². The van der Waals surface area contributed by atoms with Gasteiger partial charge in [0.05, 0.1) is 0 Å². The fourth-order valence-corrected chi connectivity index (χ4v) is 0.950. The van der Waals surface area contributed by atoms with Gasteiger partial charge in [-0.15, -0.1) is 0 Å². The SMILES string of the molecule is CNCCN(C)C(=O)C(C)(C)C(=O)O. The highest BCUT2D eigenvalue weighted by molar-refractivity contribution is 6.00. The second-order valence-corrected chi connectivity index (χ2v) is 3.76. The number of amides is 1. The van der Waals surface area contributed by atoms with Crippen LogP contribution in [-0.4, -0.2) is 49.1 Å². The van der Waals surface area contributed by atoms with Crippen LogP contribution in [0.25, 0.3) is 0 Å². The van der Waals surface area contributed by atoms with E-state index in [0.717, 1.165) is 0 Å². The van der Waals surface area contributed by atoms with Crippen LogP contribution >= 0.6 is 0 Å². The van der Waals surface area contributed by atoms with Gasteiger partial charge in [-0.05, 0) is 20.9 Å². The molecule has 82 valence electrons. The minimum absolute atomic E-state index is 0.375. The van der Waals surface area contributed by atoms with Crippen molar-refractivity contribution in [1.29, 1.82) is 0 Å². The Bertz CT molecular complexity index is 226. The van der Waals surface area contributed by atoms with Gasteiger partial charge in [0, 0.05) is 20.1 Å². The number of hydrogen-bond donors (Lipinski definition) is 2. The Labute approximate surface area is 84.1 Å². The number of rotatable bonds is 5. The van der Waals surface area contributed by atoms with Crippen molar-refractivity contribution in [3.05, 3.63) is 0 Å². The normalized spacial score (nSPS) is 11.1. The van der Waals surface area contributed by atoms with Crippen molar-refractivity contribution < 1.29 is 14.7 Å². The molecule has 0 spiro atoms. The molecule has 0 rings (SSSR count). The fraction of sp³-hybridized carbons (Fsp3) is 0.778. The van der Waals surface area contributed by atoms with Gasteiger partial charge in [0.2, 0.25) is 5.91 Å². The van der Waals surface area contributed by atoms with Crippen LogP contribution in [0.3, 0.4) is 0 Å². The number of carbonyl (C=O) groups is 2. The highest BCUT2D eigenvalue weighted by atomic mass is 16.4. The van der Waals surface area contributed by atoms with Crippen LogP contribution in [0.4, 0.5) is 0 Å². The smallest absolute Gasteiger partial charge is 0.318 e. The van der Waals surface area contributed by atoms with Crippen molar-refractivity contribution in [3.63, 3.8) is 0 Å². The molecule has 0 aromatic rings. The summed E-state index contributed by atoms with van der Waals surface area (Å²) in [5, 5.41) is 11.7. The molecule has 0 aromatic heterocycles. The van der Waals surface area contributed by atoms with Gasteiger partial charge in [0.1, 0.15) is 5.41 Å². The summed E-state index contributed by atoms with van der Waals surface area (Å²) >= 11 is 0. The molecule has 0 aliphatic carbocycles. The van der Waals surface area contributed by atoms with Gasteiger partial charge in [-0.1, -0.05) is 0 Å². The lowest BCUT2D eigenvalue weighted by Gasteiger charge is -2.25. The van der Waals surface area contributed by atoms with Crippen molar-refractivity contribution in [2.24, 2.45) is 5.41 Å². The summed E-state index contributed by atoms with van der Waals surface area (Å²) in [4.78, 5) is 23.8. The van der Waals surface area contributed by atoms with E-state index in [1.165, 1.54) is 18.7 Å². The van der Waals surface area contributed by atoms with Gasteiger partial charge >= 0.3 is 5.97 Å². The molecule has 0 radical (unpaired) electrons. The zero-order valence-electron chi connectivity index (χ0n) is 9.13. The van der Waals surface area contributed by atoms with Crippen LogP contribution in [0, 0.1) is 5.41 Å². The fourth-order valence-electron chi connectivity index (χ4n) is 0.950. The Hall–Kier alpha value is -1.10. The topological polar surface area (TPSA) is 69.6 Å². The predicted molar refractivity (Wildman–Crippen MR) is 53.0 cm³/mol. The van der Waals surface area contributed by atoms with E-state index in [1.807, 2.05) is 0 Å². The predicted octanol–water partition coefficient (Wildman–Crippen LogP) is -0.225. The lowest BCUT2D eigenvalue weighted by atomic mass is 9.92. The lowest BCUT2D eigenvalue weighted by Crippen LogP contribution is -2.45. The van der Waals surface area contributed by atoms with E-state index in [9.17, 15) is 9.59 Å². The lowest BCUT2D eigenvalue weighted by molar-refractivity contribution is -0.157. The van der Waals surface area contributed by atoms with Crippen molar-refractivity contribution in [1.82, 2.24) is 10.2 Å². The Kier molecular flexibility index (Phi) is 4.56. The standard InChI is InChI=1S/C9H18N2O3/c1-9(2,8(13)14)7(12)11(4)6-5-10-3/h10H,5-6H2,1-4H3,(H,13,14). The maximum Gasteiger partial charge on any atom is 0.318 e. The third kappa shape index (κ3) is 2.99. The maximum absolute atomic E-state index is 11.6. The minimum atomic E-state index is -1.34. The average molecular weight is 202 g/mol. The number of nitrogens with zero attached hydrogens (tertiary/aromatic N) is 1. The Balaban J connectivity index is 4.38. The van der Waals surface area contributed by atoms with E-state index in [0.29, 0.717) is 13.1 Å². The molecule has 0 saturated heterocycles. The van der Waals surface area contributed by atoms with Crippen LogP contribution < -0.4 is 5.32 Å². The van der Waals surface area contributed by atoms with Crippen LogP contribution in [-0.2, 0) is 9.59 Å². The summed E-state index contributed by atoms with van der Waals surface area (Å²) in [5.41, 5.74) is -1.34. The third-order valence-corrected chi connectivity index (χ3v) is 2.11. The number of aliphatic carboxylic acids is 1. The van der Waals surface area contributed by atoms with Crippen molar-refractivity contribution in [3.8, 4) is 0 Å². The first-order valence-corrected chi connectivity index (χ1v) is 4.47. The van der Waals surface area contributed by atoms with Crippen LogP contribution in [0.5, 0.6) is 0 Å². The summed E-state index contributed by atoms with van der Waals surface area (Å²) in [7, 11) is 3.38. The van der Waals surface area contributed by atoms with E-state index < -0.39 is 11.4 Å². The molecule has 2 N–H and O–H groups in total. The van der Waals surface area contributed by atoms with Gasteiger partial charge in [-0.2, -0.15) is 0 Å². The maximum atomic E-state index is 11.6.